The van der Waals surface area contributed by atoms with Crippen LogP contribution < -0.4 is 5.32 Å². The van der Waals surface area contributed by atoms with Gasteiger partial charge in [0.05, 0.1) is 6.54 Å². The lowest BCUT2D eigenvalue weighted by molar-refractivity contribution is -0.152. The van der Waals surface area contributed by atoms with E-state index >= 15 is 0 Å². The third kappa shape index (κ3) is 2.22. The molecular weight excluding hydrogens is 254 g/mol. The molecule has 1 aliphatic carbocycles. The molecule has 0 spiro atoms. The average Bonchev–Trinajstić information content (AvgIpc) is 3.19. The van der Waals surface area contributed by atoms with E-state index in [1.807, 2.05) is 18.7 Å². The highest BCUT2D eigenvalue weighted by molar-refractivity contribution is 5.98. The molecule has 0 aromatic heterocycles. The number of carbonyl (C=O) groups is 2. The van der Waals surface area contributed by atoms with E-state index in [0.717, 1.165) is 25.6 Å². The molecule has 3 fully saturated rings. The fourth-order valence-electron chi connectivity index (χ4n) is 3.68. The van der Waals surface area contributed by atoms with Crippen LogP contribution >= 0.6 is 0 Å². The lowest BCUT2D eigenvalue weighted by atomic mass is 9.88. The second-order valence-corrected chi connectivity index (χ2v) is 6.44. The van der Waals surface area contributed by atoms with Crippen molar-refractivity contribution in [3.05, 3.63) is 0 Å². The third-order valence-electron chi connectivity index (χ3n) is 5.27. The van der Waals surface area contributed by atoms with Crippen molar-refractivity contribution in [2.75, 3.05) is 19.6 Å². The normalized spacial score (nSPS) is 30.7. The lowest BCUT2D eigenvalue weighted by Crippen LogP contribution is -2.68. The zero-order valence-electron chi connectivity index (χ0n) is 12.5. The van der Waals surface area contributed by atoms with Crippen molar-refractivity contribution < 1.29 is 9.59 Å². The summed E-state index contributed by atoms with van der Waals surface area (Å²) in [5, 5.41) is 2.94. The van der Waals surface area contributed by atoms with Crippen molar-refractivity contribution in [1.29, 1.82) is 0 Å². The van der Waals surface area contributed by atoms with Gasteiger partial charge >= 0.3 is 0 Å². The first-order chi connectivity index (χ1) is 9.59. The van der Waals surface area contributed by atoms with Crippen LogP contribution in [0.3, 0.4) is 0 Å². The summed E-state index contributed by atoms with van der Waals surface area (Å²) in [6.45, 7) is 6.23. The zero-order valence-corrected chi connectivity index (χ0v) is 12.5. The van der Waals surface area contributed by atoms with Gasteiger partial charge in [-0.1, -0.05) is 13.8 Å². The van der Waals surface area contributed by atoms with Gasteiger partial charge in [0.25, 0.3) is 0 Å². The summed E-state index contributed by atoms with van der Waals surface area (Å²) < 4.78 is 0. The van der Waals surface area contributed by atoms with Crippen molar-refractivity contribution in [3.63, 3.8) is 0 Å². The van der Waals surface area contributed by atoms with Crippen molar-refractivity contribution in [3.8, 4) is 0 Å². The highest BCUT2D eigenvalue weighted by Gasteiger charge is 2.47. The maximum Gasteiger partial charge on any atom is 0.249 e. The number of hydrogen-bond acceptors (Lipinski definition) is 3. The Balaban J connectivity index is 1.74. The molecule has 1 atom stereocenters. The van der Waals surface area contributed by atoms with Gasteiger partial charge < -0.3 is 10.2 Å². The number of nitrogens with zero attached hydrogens (tertiary/aromatic N) is 2. The molecule has 0 radical (unpaired) electrons. The second kappa shape index (κ2) is 5.02. The molecule has 20 heavy (non-hydrogen) atoms. The minimum atomic E-state index is -0.664. The van der Waals surface area contributed by atoms with Gasteiger partial charge in [0.15, 0.2) is 0 Å². The SMILES string of the molecule is CCC1(CC)NC(=O)CN(C2CCN(C3CC3)C2)C1=O. The van der Waals surface area contributed by atoms with Crippen molar-refractivity contribution >= 4 is 11.8 Å². The maximum absolute atomic E-state index is 12.8. The van der Waals surface area contributed by atoms with Gasteiger partial charge in [-0.25, -0.2) is 0 Å². The summed E-state index contributed by atoms with van der Waals surface area (Å²) in [5.41, 5.74) is -0.664. The average molecular weight is 279 g/mol. The molecule has 2 amide bonds. The number of nitrogens with one attached hydrogen (secondary N) is 1. The molecule has 112 valence electrons. The fourth-order valence-corrected chi connectivity index (χ4v) is 3.68. The first kappa shape index (κ1) is 13.9. The van der Waals surface area contributed by atoms with E-state index in [0.29, 0.717) is 12.8 Å². The van der Waals surface area contributed by atoms with E-state index in [-0.39, 0.29) is 24.4 Å². The quantitative estimate of drug-likeness (QED) is 0.826. The van der Waals surface area contributed by atoms with Gasteiger partial charge in [-0.15, -0.1) is 0 Å². The molecule has 2 saturated heterocycles. The van der Waals surface area contributed by atoms with Crippen molar-refractivity contribution in [2.45, 2.75) is 63.6 Å². The smallest absolute Gasteiger partial charge is 0.249 e. The van der Waals surface area contributed by atoms with Gasteiger partial charge in [-0.3, -0.25) is 14.5 Å². The van der Waals surface area contributed by atoms with Gasteiger partial charge in [0.2, 0.25) is 11.8 Å². The number of hydrogen-bond donors (Lipinski definition) is 1. The molecule has 1 unspecified atom stereocenters. The minimum Gasteiger partial charge on any atom is -0.340 e. The van der Waals surface area contributed by atoms with Crippen LogP contribution in [0.15, 0.2) is 0 Å². The highest BCUT2D eigenvalue weighted by atomic mass is 16.2. The van der Waals surface area contributed by atoms with Gasteiger partial charge in [0, 0.05) is 25.2 Å². The molecule has 3 rings (SSSR count). The summed E-state index contributed by atoms with van der Waals surface area (Å²) in [5.74, 6) is 0.128. The summed E-state index contributed by atoms with van der Waals surface area (Å²) in [6, 6.07) is 0.974. The summed E-state index contributed by atoms with van der Waals surface area (Å²) in [6.07, 6.45) is 4.95. The molecule has 1 saturated carbocycles. The second-order valence-electron chi connectivity index (χ2n) is 6.44. The Morgan fingerprint density at radius 2 is 1.85 bits per heavy atom. The Morgan fingerprint density at radius 1 is 1.15 bits per heavy atom. The number of carbonyl (C=O) groups excluding carboxylic acids is 2. The van der Waals surface area contributed by atoms with Gasteiger partial charge in [-0.05, 0) is 32.1 Å². The Labute approximate surface area is 120 Å². The molecular formula is C15H25N3O2. The lowest BCUT2D eigenvalue weighted by Gasteiger charge is -2.43. The Kier molecular flexibility index (Phi) is 3.48. The molecule has 2 aliphatic heterocycles. The predicted molar refractivity (Wildman–Crippen MR) is 76.2 cm³/mol. The van der Waals surface area contributed by atoms with Crippen LogP contribution in [-0.4, -0.2) is 58.9 Å². The number of piperazine rings is 1. The first-order valence-corrected chi connectivity index (χ1v) is 7.95. The van der Waals surface area contributed by atoms with Gasteiger partial charge in [0.1, 0.15) is 5.54 Å². The predicted octanol–water partition coefficient (Wildman–Crippen LogP) is 0.740. The van der Waals surface area contributed by atoms with Crippen LogP contribution in [0.25, 0.3) is 0 Å². The van der Waals surface area contributed by atoms with Crippen LogP contribution in [-0.2, 0) is 9.59 Å². The summed E-state index contributed by atoms with van der Waals surface area (Å²) in [7, 11) is 0. The van der Waals surface area contributed by atoms with E-state index in [9.17, 15) is 9.59 Å². The topological polar surface area (TPSA) is 52.7 Å². The molecule has 3 aliphatic rings. The Hall–Kier alpha value is -1.10. The largest absolute Gasteiger partial charge is 0.340 e. The molecule has 5 nitrogen and oxygen atoms in total. The number of amides is 2. The zero-order chi connectivity index (χ0) is 14.3. The van der Waals surface area contributed by atoms with Crippen LogP contribution in [0.1, 0.15) is 46.0 Å². The van der Waals surface area contributed by atoms with Crippen LogP contribution in [0.2, 0.25) is 0 Å². The van der Waals surface area contributed by atoms with Crippen LogP contribution in [0.5, 0.6) is 0 Å². The molecule has 5 heteroatoms. The van der Waals surface area contributed by atoms with Crippen LogP contribution in [0, 0.1) is 0 Å². The van der Waals surface area contributed by atoms with E-state index in [4.69, 9.17) is 0 Å². The fraction of sp³-hybridized carbons (Fsp3) is 0.867. The Morgan fingerprint density at radius 3 is 2.45 bits per heavy atom. The maximum atomic E-state index is 12.8. The van der Waals surface area contributed by atoms with E-state index in [1.165, 1.54) is 12.8 Å². The molecule has 1 N–H and O–H groups in total. The molecule has 2 heterocycles. The summed E-state index contributed by atoms with van der Waals surface area (Å²) >= 11 is 0. The standard InChI is InChI=1S/C15H25N3O2/c1-3-15(4-2)14(20)18(10-13(19)16-15)12-7-8-17(9-12)11-5-6-11/h11-12H,3-10H2,1-2H3,(H,16,19). The molecule has 0 bridgehead atoms. The Bertz CT molecular complexity index is 415. The highest BCUT2D eigenvalue weighted by Crippen LogP contribution is 2.32. The van der Waals surface area contributed by atoms with Crippen molar-refractivity contribution in [2.24, 2.45) is 0 Å². The van der Waals surface area contributed by atoms with E-state index < -0.39 is 5.54 Å². The monoisotopic (exact) mass is 279 g/mol. The minimum absolute atomic E-state index is 0.00169. The van der Waals surface area contributed by atoms with E-state index in [2.05, 4.69) is 10.2 Å². The van der Waals surface area contributed by atoms with E-state index in [1.54, 1.807) is 0 Å². The molecule has 0 aromatic carbocycles. The first-order valence-electron chi connectivity index (χ1n) is 7.95. The third-order valence-corrected chi connectivity index (χ3v) is 5.27. The van der Waals surface area contributed by atoms with Gasteiger partial charge in [-0.2, -0.15) is 0 Å². The number of likely N-dealkylation sites (tertiary alicyclic amines) is 1. The van der Waals surface area contributed by atoms with Crippen LogP contribution in [0.4, 0.5) is 0 Å². The molecule has 0 aromatic rings. The number of rotatable bonds is 4. The summed E-state index contributed by atoms with van der Waals surface area (Å²) in [4.78, 5) is 29.2. The van der Waals surface area contributed by atoms with Crippen molar-refractivity contribution in [1.82, 2.24) is 15.1 Å².